The Kier molecular flexibility index (Phi) is 5.14. The third-order valence-electron chi connectivity index (χ3n) is 2.94. The van der Waals surface area contributed by atoms with E-state index >= 15 is 0 Å². The van der Waals surface area contributed by atoms with Gasteiger partial charge in [0.1, 0.15) is 11.5 Å². The summed E-state index contributed by atoms with van der Waals surface area (Å²) < 4.78 is 10.1. The molecule has 0 fully saturated rings. The maximum Gasteiger partial charge on any atom is 0.338 e. The Hall–Kier alpha value is -2.82. The molecule has 0 atom stereocenters. The molecule has 0 saturated carbocycles. The van der Waals surface area contributed by atoms with Crippen LogP contribution in [0, 0.1) is 0 Å². The Balaban J connectivity index is 2.23. The summed E-state index contributed by atoms with van der Waals surface area (Å²) in [7, 11) is 1.55. The van der Waals surface area contributed by atoms with Crippen LogP contribution in [0.15, 0.2) is 47.5 Å². The molecule has 0 bridgehead atoms. The number of benzene rings is 2. The molecule has 5 nitrogen and oxygen atoms in total. The molecule has 22 heavy (non-hydrogen) atoms. The number of methoxy groups -OCH3 is 1. The van der Waals surface area contributed by atoms with Gasteiger partial charge in [-0.15, -0.1) is 0 Å². The van der Waals surface area contributed by atoms with Crippen LogP contribution in [0.4, 0.5) is 5.69 Å². The summed E-state index contributed by atoms with van der Waals surface area (Å²) in [5.41, 5.74) is 1.56. The molecule has 0 aliphatic carbocycles. The first-order valence-corrected chi connectivity index (χ1v) is 6.82. The van der Waals surface area contributed by atoms with Crippen LogP contribution in [0.5, 0.6) is 11.5 Å². The first kappa shape index (κ1) is 15.6. The van der Waals surface area contributed by atoms with Gasteiger partial charge in [0.25, 0.3) is 0 Å². The maximum absolute atomic E-state index is 11.7. The van der Waals surface area contributed by atoms with Crippen LogP contribution in [-0.4, -0.2) is 31.0 Å². The van der Waals surface area contributed by atoms with E-state index in [1.54, 1.807) is 50.4 Å². The summed E-state index contributed by atoms with van der Waals surface area (Å²) in [4.78, 5) is 15.9. The zero-order chi connectivity index (χ0) is 15.9. The fraction of sp³-hybridized carbons (Fsp3) is 0.176. The molecule has 5 heteroatoms. The smallest absolute Gasteiger partial charge is 0.338 e. The van der Waals surface area contributed by atoms with Gasteiger partial charge in [-0.1, -0.05) is 6.07 Å². The van der Waals surface area contributed by atoms with Crippen LogP contribution in [-0.2, 0) is 4.74 Å². The van der Waals surface area contributed by atoms with Crippen molar-refractivity contribution in [2.45, 2.75) is 6.92 Å². The summed E-state index contributed by atoms with van der Waals surface area (Å²) in [5.74, 6) is 0.342. The summed E-state index contributed by atoms with van der Waals surface area (Å²) in [6, 6.07) is 11.7. The maximum atomic E-state index is 11.7. The second kappa shape index (κ2) is 7.26. The van der Waals surface area contributed by atoms with Crippen LogP contribution in [0.2, 0.25) is 0 Å². The van der Waals surface area contributed by atoms with Crippen molar-refractivity contribution in [3.05, 3.63) is 53.6 Å². The third kappa shape index (κ3) is 3.85. The molecule has 2 aromatic rings. The number of carbonyl (C=O) groups excluding carboxylic acids is 1. The highest BCUT2D eigenvalue weighted by Gasteiger charge is 2.06. The van der Waals surface area contributed by atoms with E-state index in [4.69, 9.17) is 9.47 Å². The normalized spacial score (nSPS) is 10.6. The van der Waals surface area contributed by atoms with E-state index in [1.807, 2.05) is 0 Å². The summed E-state index contributed by atoms with van der Waals surface area (Å²) >= 11 is 0. The molecular formula is C17H17NO4. The number of rotatable bonds is 5. The van der Waals surface area contributed by atoms with E-state index in [0.717, 1.165) is 0 Å². The predicted molar refractivity (Wildman–Crippen MR) is 84.3 cm³/mol. The monoisotopic (exact) mass is 299 g/mol. The van der Waals surface area contributed by atoms with Gasteiger partial charge in [-0.05, 0) is 43.3 Å². The van der Waals surface area contributed by atoms with Crippen molar-refractivity contribution in [2.24, 2.45) is 4.99 Å². The quantitative estimate of drug-likeness (QED) is 0.679. The summed E-state index contributed by atoms with van der Waals surface area (Å²) in [5, 5.41) is 9.80. The average Bonchev–Trinajstić information content (AvgIpc) is 2.54. The third-order valence-corrected chi connectivity index (χ3v) is 2.94. The van der Waals surface area contributed by atoms with E-state index < -0.39 is 0 Å². The minimum atomic E-state index is -0.385. The molecule has 0 radical (unpaired) electrons. The molecule has 0 aromatic heterocycles. The number of ether oxygens (including phenoxy) is 2. The standard InChI is InChI=1S/C17H17NO4/c1-3-22-17(20)12-5-4-6-14(9-12)18-11-13-10-15(21-2)7-8-16(13)19/h4-11,19H,3H2,1-2H3. The fourth-order valence-corrected chi connectivity index (χ4v) is 1.83. The average molecular weight is 299 g/mol. The van der Waals surface area contributed by atoms with Gasteiger partial charge in [0.15, 0.2) is 0 Å². The molecule has 0 unspecified atom stereocenters. The first-order chi connectivity index (χ1) is 10.6. The van der Waals surface area contributed by atoms with Crippen LogP contribution >= 0.6 is 0 Å². The molecule has 2 rings (SSSR count). The lowest BCUT2D eigenvalue weighted by Gasteiger charge is -2.04. The summed E-state index contributed by atoms with van der Waals surface area (Å²) in [6.45, 7) is 2.08. The fourth-order valence-electron chi connectivity index (χ4n) is 1.83. The molecular weight excluding hydrogens is 282 g/mol. The number of hydrogen-bond acceptors (Lipinski definition) is 5. The lowest BCUT2D eigenvalue weighted by molar-refractivity contribution is 0.0526. The van der Waals surface area contributed by atoms with Crippen molar-refractivity contribution in [2.75, 3.05) is 13.7 Å². The van der Waals surface area contributed by atoms with Crippen molar-refractivity contribution in [3.8, 4) is 11.5 Å². The van der Waals surface area contributed by atoms with E-state index in [1.165, 1.54) is 12.3 Å². The van der Waals surface area contributed by atoms with E-state index in [2.05, 4.69) is 4.99 Å². The first-order valence-electron chi connectivity index (χ1n) is 6.82. The topological polar surface area (TPSA) is 68.1 Å². The SMILES string of the molecule is CCOC(=O)c1cccc(N=Cc2cc(OC)ccc2O)c1. The minimum Gasteiger partial charge on any atom is -0.507 e. The van der Waals surface area contributed by atoms with Gasteiger partial charge in [-0.3, -0.25) is 4.99 Å². The molecule has 0 aliphatic rings. The highest BCUT2D eigenvalue weighted by molar-refractivity contribution is 5.91. The molecule has 0 amide bonds. The van der Waals surface area contributed by atoms with Gasteiger partial charge in [-0.2, -0.15) is 0 Å². The molecule has 0 saturated heterocycles. The van der Waals surface area contributed by atoms with Crippen molar-refractivity contribution in [3.63, 3.8) is 0 Å². The van der Waals surface area contributed by atoms with E-state index in [0.29, 0.717) is 29.2 Å². The minimum absolute atomic E-state index is 0.103. The van der Waals surface area contributed by atoms with Crippen LogP contribution < -0.4 is 4.74 Å². The van der Waals surface area contributed by atoms with Gasteiger partial charge in [-0.25, -0.2) is 4.79 Å². The molecule has 0 spiro atoms. The number of aliphatic imine (C=N–C) groups is 1. The highest BCUT2D eigenvalue weighted by atomic mass is 16.5. The van der Waals surface area contributed by atoms with Crippen LogP contribution in [0.25, 0.3) is 0 Å². The Bertz CT molecular complexity index is 695. The van der Waals surface area contributed by atoms with Crippen LogP contribution in [0.3, 0.4) is 0 Å². The number of nitrogens with zero attached hydrogens (tertiary/aromatic N) is 1. The van der Waals surface area contributed by atoms with E-state index in [9.17, 15) is 9.90 Å². The van der Waals surface area contributed by atoms with Crippen molar-refractivity contribution >= 4 is 17.9 Å². The molecule has 114 valence electrons. The Morgan fingerprint density at radius 3 is 2.82 bits per heavy atom. The lowest BCUT2D eigenvalue weighted by atomic mass is 10.2. The number of hydrogen-bond donors (Lipinski definition) is 1. The zero-order valence-electron chi connectivity index (χ0n) is 12.4. The number of phenols is 1. The van der Waals surface area contributed by atoms with Crippen molar-refractivity contribution in [1.82, 2.24) is 0 Å². The van der Waals surface area contributed by atoms with Crippen molar-refractivity contribution < 1.29 is 19.4 Å². The second-order valence-electron chi connectivity index (χ2n) is 4.45. The second-order valence-corrected chi connectivity index (χ2v) is 4.45. The van der Waals surface area contributed by atoms with Gasteiger partial charge >= 0.3 is 5.97 Å². The Morgan fingerprint density at radius 2 is 2.09 bits per heavy atom. The van der Waals surface area contributed by atoms with Gasteiger partial charge in [0.05, 0.1) is 25.0 Å². The summed E-state index contributed by atoms with van der Waals surface area (Å²) in [6.07, 6.45) is 1.52. The number of carbonyl (C=O) groups is 1. The van der Waals surface area contributed by atoms with E-state index in [-0.39, 0.29) is 11.7 Å². The molecule has 1 N–H and O–H groups in total. The van der Waals surface area contributed by atoms with Crippen LogP contribution in [0.1, 0.15) is 22.8 Å². The van der Waals surface area contributed by atoms with Crippen molar-refractivity contribution in [1.29, 1.82) is 0 Å². The number of aromatic hydroxyl groups is 1. The molecule has 0 heterocycles. The Morgan fingerprint density at radius 1 is 1.27 bits per heavy atom. The van der Waals surface area contributed by atoms with Gasteiger partial charge < -0.3 is 14.6 Å². The molecule has 2 aromatic carbocycles. The number of esters is 1. The van der Waals surface area contributed by atoms with Gasteiger partial charge in [0.2, 0.25) is 0 Å². The lowest BCUT2D eigenvalue weighted by Crippen LogP contribution is -2.03. The van der Waals surface area contributed by atoms with Gasteiger partial charge in [0, 0.05) is 11.8 Å². The molecule has 0 aliphatic heterocycles. The largest absolute Gasteiger partial charge is 0.507 e. The number of phenolic OH excluding ortho intramolecular Hbond substituents is 1. The highest BCUT2D eigenvalue weighted by Crippen LogP contribution is 2.22. The zero-order valence-corrected chi connectivity index (χ0v) is 12.4. The Labute approximate surface area is 128 Å². The predicted octanol–water partition coefficient (Wildman–Crippen LogP) is 3.33.